The van der Waals surface area contributed by atoms with Crippen molar-refractivity contribution in [2.75, 3.05) is 6.54 Å². The molecule has 2 fully saturated rings. The van der Waals surface area contributed by atoms with Crippen molar-refractivity contribution in [3.8, 4) is 0 Å². The first-order valence-corrected chi connectivity index (χ1v) is 11.3. The first kappa shape index (κ1) is 18.7. The lowest BCUT2D eigenvalue weighted by atomic mass is 9.56. The molecule has 28 heavy (non-hydrogen) atoms. The number of benzene rings is 2. The fourth-order valence-electron chi connectivity index (χ4n) is 6.00. The van der Waals surface area contributed by atoms with Crippen LogP contribution in [0.2, 0.25) is 10.0 Å². The van der Waals surface area contributed by atoms with Crippen LogP contribution in [0, 0.1) is 11.8 Å². The highest BCUT2D eigenvalue weighted by molar-refractivity contribution is 6.31. The number of fused-ring (bicyclic) bond motifs is 2. The summed E-state index contributed by atoms with van der Waals surface area (Å²) in [5, 5.41) is 5.38. The van der Waals surface area contributed by atoms with Crippen LogP contribution in [0.1, 0.15) is 55.7 Å². The minimum atomic E-state index is -0.134. The van der Waals surface area contributed by atoms with Gasteiger partial charge in [0.2, 0.25) is 0 Å². The Bertz CT molecular complexity index is 903. The molecule has 1 N–H and O–H groups in total. The quantitative estimate of drug-likeness (QED) is 0.570. The molecule has 5 rings (SSSR count). The molecule has 1 aliphatic carbocycles. The van der Waals surface area contributed by atoms with Gasteiger partial charge < -0.3 is 5.32 Å². The molecule has 1 saturated carbocycles. The number of nitrogens with one attached hydrogen (secondary N) is 1. The van der Waals surface area contributed by atoms with Crippen molar-refractivity contribution in [2.24, 2.45) is 16.8 Å². The molecule has 2 aromatic rings. The fraction of sp³-hybridized carbons (Fsp3) is 0.458. The van der Waals surface area contributed by atoms with Crippen molar-refractivity contribution in [1.29, 1.82) is 0 Å². The number of nitrogens with zero attached hydrogens (tertiary/aromatic N) is 1. The highest BCUT2D eigenvalue weighted by atomic mass is 35.5. The molecule has 146 valence electrons. The zero-order valence-corrected chi connectivity index (χ0v) is 17.5. The average Bonchev–Trinajstić information content (AvgIpc) is 3.07. The molecule has 2 nitrogen and oxygen atoms in total. The first-order valence-electron chi connectivity index (χ1n) is 10.5. The minimum absolute atomic E-state index is 0.134. The molecule has 1 saturated heterocycles. The molecule has 0 radical (unpaired) electrons. The van der Waals surface area contributed by atoms with Gasteiger partial charge in [-0.25, -0.2) is 0 Å². The van der Waals surface area contributed by atoms with E-state index in [4.69, 9.17) is 28.2 Å². The first-order chi connectivity index (χ1) is 13.7. The van der Waals surface area contributed by atoms with Gasteiger partial charge in [0.25, 0.3) is 0 Å². The zero-order valence-electron chi connectivity index (χ0n) is 16.0. The standard InChI is InChI=1S/C24H26Cl2N2/c25-18-8-4-7-17(13-18)23-24(15-28-22-14-19(26)9-10-21(22)24)20(11-12-27-23)16-5-2-1-3-6-16/h4,7-10,13-16,20,23,27H,1-3,5-6,11-12H2/t20-,23+,24-/m1/s1. The van der Waals surface area contributed by atoms with Gasteiger partial charge in [-0.05, 0) is 60.2 Å². The maximum atomic E-state index is 6.39. The third-order valence-electron chi connectivity index (χ3n) is 7.14. The second-order valence-electron chi connectivity index (χ2n) is 8.59. The number of aliphatic imine (C=N–C) groups is 1. The highest BCUT2D eigenvalue weighted by Crippen LogP contribution is 2.56. The van der Waals surface area contributed by atoms with Gasteiger partial charge in [-0.15, -0.1) is 0 Å². The SMILES string of the molecule is Clc1cccc([C@@H]2NCC[C@H](C3CCCCC3)[C@@]23C=Nc2cc(Cl)ccc23)c1. The summed E-state index contributed by atoms with van der Waals surface area (Å²) in [5.74, 6) is 1.34. The Labute approximate surface area is 177 Å². The third-order valence-corrected chi connectivity index (χ3v) is 7.61. The zero-order chi connectivity index (χ0) is 19.1. The molecule has 0 aromatic heterocycles. The van der Waals surface area contributed by atoms with E-state index >= 15 is 0 Å². The fourth-order valence-corrected chi connectivity index (χ4v) is 6.36. The molecular formula is C24H26Cl2N2. The van der Waals surface area contributed by atoms with Crippen LogP contribution in [0.5, 0.6) is 0 Å². The summed E-state index contributed by atoms with van der Waals surface area (Å²) in [6.07, 6.45) is 10.2. The molecule has 2 aliphatic heterocycles. The molecule has 3 atom stereocenters. The number of piperidine rings is 1. The molecular weight excluding hydrogens is 387 g/mol. The predicted molar refractivity (Wildman–Crippen MR) is 118 cm³/mol. The third kappa shape index (κ3) is 3.01. The van der Waals surface area contributed by atoms with E-state index in [9.17, 15) is 0 Å². The summed E-state index contributed by atoms with van der Waals surface area (Å²) >= 11 is 12.7. The van der Waals surface area contributed by atoms with E-state index in [1.807, 2.05) is 18.2 Å². The van der Waals surface area contributed by atoms with E-state index in [1.54, 1.807) is 0 Å². The second kappa shape index (κ2) is 7.48. The summed E-state index contributed by atoms with van der Waals surface area (Å²) in [4.78, 5) is 4.90. The second-order valence-corrected chi connectivity index (χ2v) is 9.46. The van der Waals surface area contributed by atoms with Crippen LogP contribution < -0.4 is 5.32 Å². The maximum Gasteiger partial charge on any atom is 0.0683 e. The summed E-state index contributed by atoms with van der Waals surface area (Å²) in [6.45, 7) is 1.04. The highest BCUT2D eigenvalue weighted by Gasteiger charge is 2.53. The van der Waals surface area contributed by atoms with Gasteiger partial charge in [0, 0.05) is 22.3 Å². The molecule has 2 aromatic carbocycles. The van der Waals surface area contributed by atoms with Crippen LogP contribution in [0.4, 0.5) is 5.69 Å². The van der Waals surface area contributed by atoms with Crippen LogP contribution in [0.15, 0.2) is 47.5 Å². The van der Waals surface area contributed by atoms with E-state index in [0.29, 0.717) is 5.92 Å². The topological polar surface area (TPSA) is 24.4 Å². The van der Waals surface area contributed by atoms with Crippen molar-refractivity contribution in [2.45, 2.75) is 50.0 Å². The monoisotopic (exact) mass is 412 g/mol. The van der Waals surface area contributed by atoms with Crippen LogP contribution in [-0.4, -0.2) is 12.8 Å². The van der Waals surface area contributed by atoms with Gasteiger partial charge in [-0.1, -0.05) is 73.5 Å². The molecule has 3 aliphatic rings. The van der Waals surface area contributed by atoms with Crippen LogP contribution in [0.25, 0.3) is 0 Å². The van der Waals surface area contributed by atoms with Crippen molar-refractivity contribution in [3.05, 3.63) is 63.6 Å². The lowest BCUT2D eigenvalue weighted by Gasteiger charge is -2.51. The van der Waals surface area contributed by atoms with Gasteiger partial charge >= 0.3 is 0 Å². The van der Waals surface area contributed by atoms with Crippen molar-refractivity contribution in [1.82, 2.24) is 5.32 Å². The lowest BCUT2D eigenvalue weighted by Crippen LogP contribution is -2.54. The summed E-state index contributed by atoms with van der Waals surface area (Å²) in [7, 11) is 0. The number of hydrogen-bond donors (Lipinski definition) is 1. The largest absolute Gasteiger partial charge is 0.309 e. The minimum Gasteiger partial charge on any atom is -0.309 e. The van der Waals surface area contributed by atoms with Crippen LogP contribution in [-0.2, 0) is 5.41 Å². The predicted octanol–water partition coefficient (Wildman–Crippen LogP) is 6.88. The normalized spacial score (nSPS) is 29.9. The van der Waals surface area contributed by atoms with Gasteiger partial charge in [0.05, 0.1) is 11.1 Å². The van der Waals surface area contributed by atoms with Crippen molar-refractivity contribution >= 4 is 35.1 Å². The van der Waals surface area contributed by atoms with Gasteiger partial charge in [-0.2, -0.15) is 0 Å². The smallest absolute Gasteiger partial charge is 0.0683 e. The van der Waals surface area contributed by atoms with Crippen LogP contribution >= 0.6 is 23.2 Å². The van der Waals surface area contributed by atoms with E-state index in [0.717, 1.165) is 28.2 Å². The maximum absolute atomic E-state index is 6.39. The number of rotatable bonds is 2. The Morgan fingerprint density at radius 1 is 0.929 bits per heavy atom. The number of hydrogen-bond acceptors (Lipinski definition) is 2. The Hall–Kier alpha value is -1.35. The Kier molecular flexibility index (Phi) is 4.99. The molecule has 0 amide bonds. The lowest BCUT2D eigenvalue weighted by molar-refractivity contribution is 0.118. The average molecular weight is 413 g/mol. The number of halogens is 2. The van der Waals surface area contributed by atoms with Gasteiger partial charge in [-0.3, -0.25) is 4.99 Å². The van der Waals surface area contributed by atoms with Gasteiger partial charge in [0.15, 0.2) is 0 Å². The molecule has 2 heterocycles. The summed E-state index contributed by atoms with van der Waals surface area (Å²) < 4.78 is 0. The Morgan fingerprint density at radius 2 is 1.75 bits per heavy atom. The molecule has 0 bridgehead atoms. The molecule has 4 heteroatoms. The molecule has 0 unspecified atom stereocenters. The van der Waals surface area contributed by atoms with Crippen LogP contribution in [0.3, 0.4) is 0 Å². The summed E-state index contributed by atoms with van der Waals surface area (Å²) in [6, 6.07) is 14.8. The Morgan fingerprint density at radius 3 is 2.57 bits per heavy atom. The summed E-state index contributed by atoms with van der Waals surface area (Å²) in [5.41, 5.74) is 3.47. The van der Waals surface area contributed by atoms with Crippen molar-refractivity contribution in [3.63, 3.8) is 0 Å². The van der Waals surface area contributed by atoms with E-state index < -0.39 is 0 Å². The van der Waals surface area contributed by atoms with E-state index in [2.05, 4.69) is 35.8 Å². The van der Waals surface area contributed by atoms with Gasteiger partial charge in [0.1, 0.15) is 0 Å². The van der Waals surface area contributed by atoms with E-state index in [-0.39, 0.29) is 11.5 Å². The van der Waals surface area contributed by atoms with E-state index in [1.165, 1.54) is 49.7 Å². The van der Waals surface area contributed by atoms with Crippen molar-refractivity contribution < 1.29 is 0 Å². The molecule has 1 spiro atoms. The Balaban J connectivity index is 1.67.